The zero-order valence-corrected chi connectivity index (χ0v) is 20.3. The first kappa shape index (κ1) is 24.1. The molecule has 0 aliphatic carbocycles. The number of hydrogen-bond acceptors (Lipinski definition) is 5. The van der Waals surface area contributed by atoms with Crippen LogP contribution in [0.1, 0.15) is 25.3 Å². The van der Waals surface area contributed by atoms with Crippen LogP contribution in [-0.4, -0.2) is 68.6 Å². The topological polar surface area (TPSA) is 98.2 Å². The van der Waals surface area contributed by atoms with E-state index in [9.17, 15) is 24.6 Å². The number of fused-ring (bicyclic) bond motifs is 1. The lowest BCUT2D eigenvalue weighted by atomic mass is 9.66. The van der Waals surface area contributed by atoms with Crippen LogP contribution in [0.2, 0.25) is 5.02 Å². The van der Waals surface area contributed by atoms with Gasteiger partial charge < -0.3 is 20.0 Å². The third kappa shape index (κ3) is 3.49. The molecule has 7 nitrogen and oxygen atoms in total. The van der Waals surface area contributed by atoms with Crippen LogP contribution in [0.3, 0.4) is 0 Å². The first-order valence-electron chi connectivity index (χ1n) is 11.2. The fourth-order valence-corrected chi connectivity index (χ4v) is 8.83. The van der Waals surface area contributed by atoms with Crippen LogP contribution in [0.25, 0.3) is 0 Å². The Morgan fingerprint density at radius 1 is 1.42 bits per heavy atom. The lowest BCUT2D eigenvalue weighted by Gasteiger charge is -2.40. The SMILES string of the molecule is C=CCN(C(=O)C1N(CCCO)C(=O)[C@@H]2[C@@H](C(=O)O)[C@H]3CC(C)C12S3)c1c(C)cccc1Cl. The van der Waals surface area contributed by atoms with Gasteiger partial charge in [0, 0.05) is 24.9 Å². The van der Waals surface area contributed by atoms with Gasteiger partial charge in [-0.2, -0.15) is 0 Å². The molecule has 9 heteroatoms. The van der Waals surface area contributed by atoms with E-state index < -0.39 is 28.6 Å². The molecule has 4 rings (SSSR count). The van der Waals surface area contributed by atoms with Crippen molar-refractivity contribution in [3.63, 3.8) is 0 Å². The predicted octanol–water partition coefficient (Wildman–Crippen LogP) is 2.97. The zero-order chi connectivity index (χ0) is 24.1. The molecule has 3 aliphatic rings. The molecule has 2 amide bonds. The second-order valence-electron chi connectivity index (χ2n) is 9.14. The number of nitrogens with zero attached hydrogens (tertiary/aromatic N) is 2. The van der Waals surface area contributed by atoms with Gasteiger partial charge in [-0.05, 0) is 37.3 Å². The number of aliphatic hydroxyl groups excluding tert-OH is 1. The minimum atomic E-state index is -0.986. The Kier molecular flexibility index (Phi) is 6.55. The number of aliphatic carboxylic acids is 1. The Morgan fingerprint density at radius 2 is 2.15 bits per heavy atom. The molecule has 0 saturated carbocycles. The van der Waals surface area contributed by atoms with E-state index >= 15 is 0 Å². The number of hydrogen-bond donors (Lipinski definition) is 2. The van der Waals surface area contributed by atoms with Gasteiger partial charge in [0.25, 0.3) is 5.91 Å². The largest absolute Gasteiger partial charge is 0.481 e. The number of amides is 2. The molecule has 6 atom stereocenters. The third-order valence-corrected chi connectivity index (χ3v) is 9.74. The van der Waals surface area contributed by atoms with E-state index in [2.05, 4.69) is 6.58 Å². The highest BCUT2D eigenvalue weighted by atomic mass is 35.5. The molecule has 1 aromatic rings. The van der Waals surface area contributed by atoms with Crippen LogP contribution in [0.4, 0.5) is 5.69 Å². The number of benzene rings is 1. The minimum Gasteiger partial charge on any atom is -0.481 e. The van der Waals surface area contributed by atoms with Gasteiger partial charge in [-0.15, -0.1) is 18.3 Å². The van der Waals surface area contributed by atoms with Crippen molar-refractivity contribution in [3.8, 4) is 0 Å². The van der Waals surface area contributed by atoms with E-state index in [0.29, 0.717) is 23.6 Å². The molecule has 3 unspecified atom stereocenters. The van der Waals surface area contributed by atoms with Gasteiger partial charge in [0.1, 0.15) is 6.04 Å². The Hall–Kier alpha value is -2.03. The summed E-state index contributed by atoms with van der Waals surface area (Å²) in [6, 6.07) is 4.56. The van der Waals surface area contributed by atoms with Crippen LogP contribution in [-0.2, 0) is 14.4 Å². The summed E-state index contributed by atoms with van der Waals surface area (Å²) < 4.78 is -0.827. The highest BCUT2D eigenvalue weighted by Gasteiger charge is 2.76. The molecule has 2 bridgehead atoms. The molecule has 3 heterocycles. The van der Waals surface area contributed by atoms with Gasteiger partial charge in [0.15, 0.2) is 0 Å². The van der Waals surface area contributed by atoms with Crippen molar-refractivity contribution in [2.45, 2.75) is 42.7 Å². The predicted molar refractivity (Wildman–Crippen MR) is 128 cm³/mol. The van der Waals surface area contributed by atoms with Crippen LogP contribution in [0.5, 0.6) is 0 Å². The number of carbonyl (C=O) groups excluding carboxylic acids is 2. The highest BCUT2D eigenvalue weighted by molar-refractivity contribution is 8.02. The van der Waals surface area contributed by atoms with E-state index in [1.165, 1.54) is 16.7 Å². The molecular weight excluding hydrogens is 464 g/mol. The van der Waals surface area contributed by atoms with Crippen molar-refractivity contribution in [1.29, 1.82) is 0 Å². The number of para-hydroxylation sites is 1. The number of thioether (sulfide) groups is 1. The molecule has 3 saturated heterocycles. The number of likely N-dealkylation sites (tertiary alicyclic amines) is 1. The Bertz CT molecular complexity index is 983. The maximum absolute atomic E-state index is 14.3. The third-order valence-electron chi connectivity index (χ3n) is 7.36. The number of carboxylic acids is 1. The average molecular weight is 493 g/mol. The van der Waals surface area contributed by atoms with E-state index in [0.717, 1.165) is 5.56 Å². The fraction of sp³-hybridized carbons (Fsp3) is 0.542. The summed E-state index contributed by atoms with van der Waals surface area (Å²) in [5.74, 6) is -3.17. The first-order valence-corrected chi connectivity index (χ1v) is 12.5. The van der Waals surface area contributed by atoms with Gasteiger partial charge in [-0.1, -0.05) is 36.7 Å². The molecule has 1 aromatic carbocycles. The van der Waals surface area contributed by atoms with Gasteiger partial charge in [-0.3, -0.25) is 14.4 Å². The summed E-state index contributed by atoms with van der Waals surface area (Å²) in [7, 11) is 0. The number of halogens is 1. The van der Waals surface area contributed by atoms with Crippen LogP contribution in [0.15, 0.2) is 30.9 Å². The second-order valence-corrected chi connectivity index (χ2v) is 11.1. The summed E-state index contributed by atoms with van der Waals surface area (Å²) in [5, 5.41) is 19.6. The lowest BCUT2D eigenvalue weighted by Crippen LogP contribution is -2.57. The van der Waals surface area contributed by atoms with Crippen LogP contribution in [0, 0.1) is 24.7 Å². The molecule has 178 valence electrons. The number of carboxylic acid groups (broad SMARTS) is 1. The molecule has 0 aromatic heterocycles. The van der Waals surface area contributed by atoms with Crippen molar-refractivity contribution in [3.05, 3.63) is 41.4 Å². The summed E-state index contributed by atoms with van der Waals surface area (Å²) in [6.45, 7) is 7.95. The maximum Gasteiger partial charge on any atom is 0.308 e. The van der Waals surface area contributed by atoms with E-state index in [4.69, 9.17) is 11.6 Å². The highest BCUT2D eigenvalue weighted by Crippen LogP contribution is 2.68. The van der Waals surface area contributed by atoms with E-state index in [-0.39, 0.29) is 42.7 Å². The minimum absolute atomic E-state index is 0.0111. The van der Waals surface area contributed by atoms with E-state index in [1.807, 2.05) is 26.0 Å². The Balaban J connectivity index is 1.85. The number of carbonyl (C=O) groups is 3. The van der Waals surface area contributed by atoms with Crippen molar-refractivity contribution < 1.29 is 24.6 Å². The molecule has 33 heavy (non-hydrogen) atoms. The van der Waals surface area contributed by atoms with Crippen molar-refractivity contribution in [1.82, 2.24) is 4.90 Å². The molecule has 2 N–H and O–H groups in total. The van der Waals surface area contributed by atoms with E-state index in [1.54, 1.807) is 17.0 Å². The molecule has 3 aliphatic heterocycles. The van der Waals surface area contributed by atoms with Gasteiger partial charge in [-0.25, -0.2) is 0 Å². The molecule has 0 radical (unpaired) electrons. The van der Waals surface area contributed by atoms with Gasteiger partial charge >= 0.3 is 5.97 Å². The monoisotopic (exact) mass is 492 g/mol. The fourth-order valence-electron chi connectivity index (χ4n) is 6.10. The smallest absolute Gasteiger partial charge is 0.308 e. The number of aliphatic hydroxyl groups is 1. The average Bonchev–Trinajstić information content (AvgIpc) is 3.34. The quantitative estimate of drug-likeness (QED) is 0.541. The second kappa shape index (κ2) is 8.96. The molecule has 1 spiro atoms. The molecular formula is C24H29ClN2O5S. The Labute approximate surface area is 202 Å². The zero-order valence-electron chi connectivity index (χ0n) is 18.7. The summed E-state index contributed by atoms with van der Waals surface area (Å²) in [6.07, 6.45) is 2.58. The lowest BCUT2D eigenvalue weighted by molar-refractivity contribution is -0.149. The normalized spacial score (nSPS) is 32.2. The van der Waals surface area contributed by atoms with Crippen molar-refractivity contribution >= 4 is 46.8 Å². The summed E-state index contributed by atoms with van der Waals surface area (Å²) in [5.41, 5.74) is 1.39. The molecule has 3 fully saturated rings. The standard InChI is InChI=1S/C24H29ClN2O5S/c1-4-9-26(19-13(2)7-5-8-15(19)25)22(30)20-24-14(3)12-16(33-24)17(23(31)32)18(24)21(29)27(20)10-6-11-28/h4-5,7-8,14,16-18,20,28H,1,6,9-12H2,2-3H3,(H,31,32)/t14?,16-,17+,18+,20?,24?/m1/s1. The van der Waals surface area contributed by atoms with Crippen LogP contribution < -0.4 is 4.90 Å². The number of anilines is 1. The first-order chi connectivity index (χ1) is 15.7. The van der Waals surface area contributed by atoms with Gasteiger partial charge in [0.05, 0.1) is 27.3 Å². The van der Waals surface area contributed by atoms with Gasteiger partial charge in [0.2, 0.25) is 5.91 Å². The number of aryl methyl sites for hydroxylation is 1. The van der Waals surface area contributed by atoms with Crippen molar-refractivity contribution in [2.24, 2.45) is 17.8 Å². The number of rotatable bonds is 8. The van der Waals surface area contributed by atoms with Crippen molar-refractivity contribution in [2.75, 3.05) is 24.6 Å². The van der Waals surface area contributed by atoms with Crippen LogP contribution >= 0.6 is 23.4 Å². The maximum atomic E-state index is 14.3. The Morgan fingerprint density at radius 3 is 2.76 bits per heavy atom. The summed E-state index contributed by atoms with van der Waals surface area (Å²) in [4.78, 5) is 43.2. The summed E-state index contributed by atoms with van der Waals surface area (Å²) >= 11 is 8.01.